The van der Waals surface area contributed by atoms with Gasteiger partial charge < -0.3 is 9.72 Å². The molecular formula is C12H12N6O. The van der Waals surface area contributed by atoms with E-state index in [0.29, 0.717) is 5.92 Å². The number of nitrogens with zero attached hydrogens (tertiary/aromatic N) is 5. The second kappa shape index (κ2) is 4.13. The van der Waals surface area contributed by atoms with Gasteiger partial charge >= 0.3 is 0 Å². The molecule has 1 fully saturated rings. The molecule has 4 rings (SSSR count). The van der Waals surface area contributed by atoms with Gasteiger partial charge in [0.15, 0.2) is 0 Å². The van der Waals surface area contributed by atoms with Crippen LogP contribution in [0.1, 0.15) is 18.2 Å². The van der Waals surface area contributed by atoms with E-state index in [2.05, 4.69) is 25.5 Å². The molecule has 7 nitrogen and oxygen atoms in total. The van der Waals surface area contributed by atoms with Crippen molar-refractivity contribution >= 4 is 11.0 Å². The first kappa shape index (κ1) is 10.6. The number of ether oxygens (including phenoxy) is 1. The Morgan fingerprint density at radius 1 is 1.37 bits per heavy atom. The number of aromatic nitrogens is 6. The number of benzene rings is 1. The third kappa shape index (κ3) is 1.78. The van der Waals surface area contributed by atoms with Gasteiger partial charge in [-0.25, -0.2) is 9.67 Å². The fraction of sp³-hybridized carbons (Fsp3) is 0.333. The number of aromatic amines is 1. The molecule has 19 heavy (non-hydrogen) atoms. The van der Waals surface area contributed by atoms with Gasteiger partial charge in [0.2, 0.25) is 0 Å². The van der Waals surface area contributed by atoms with Crippen molar-refractivity contribution in [2.75, 3.05) is 13.2 Å². The number of imidazole rings is 1. The van der Waals surface area contributed by atoms with Gasteiger partial charge in [-0.05, 0) is 35.0 Å². The minimum Gasteiger partial charge on any atom is -0.381 e. The average molecular weight is 256 g/mol. The van der Waals surface area contributed by atoms with E-state index >= 15 is 0 Å². The zero-order chi connectivity index (χ0) is 12.7. The summed E-state index contributed by atoms with van der Waals surface area (Å²) in [6, 6.07) is 5.93. The molecule has 3 aromatic rings. The van der Waals surface area contributed by atoms with E-state index < -0.39 is 0 Å². The highest BCUT2D eigenvalue weighted by Crippen LogP contribution is 2.25. The lowest BCUT2D eigenvalue weighted by Gasteiger charge is -2.00. The van der Waals surface area contributed by atoms with E-state index in [-0.39, 0.29) is 0 Å². The smallest absolute Gasteiger partial charge is 0.143 e. The summed E-state index contributed by atoms with van der Waals surface area (Å²) < 4.78 is 7.02. The van der Waals surface area contributed by atoms with Crippen molar-refractivity contribution in [2.24, 2.45) is 0 Å². The lowest BCUT2D eigenvalue weighted by molar-refractivity contribution is 0.193. The van der Waals surface area contributed by atoms with Crippen LogP contribution >= 0.6 is 0 Å². The van der Waals surface area contributed by atoms with E-state index in [1.807, 2.05) is 18.2 Å². The topological polar surface area (TPSA) is 81.5 Å². The van der Waals surface area contributed by atoms with Gasteiger partial charge in [-0.15, -0.1) is 5.10 Å². The van der Waals surface area contributed by atoms with Crippen molar-refractivity contribution in [2.45, 2.75) is 12.3 Å². The second-order valence-electron chi connectivity index (χ2n) is 4.64. The fourth-order valence-electron chi connectivity index (χ4n) is 2.38. The van der Waals surface area contributed by atoms with Crippen molar-refractivity contribution in [3.05, 3.63) is 30.4 Å². The lowest BCUT2D eigenvalue weighted by atomic mass is 10.1. The van der Waals surface area contributed by atoms with Crippen LogP contribution in [-0.2, 0) is 4.74 Å². The molecular weight excluding hydrogens is 244 g/mol. The summed E-state index contributed by atoms with van der Waals surface area (Å²) in [4.78, 5) is 7.99. The highest BCUT2D eigenvalue weighted by Gasteiger charge is 2.21. The van der Waals surface area contributed by atoms with Crippen molar-refractivity contribution < 1.29 is 4.74 Å². The number of hydrogen-bond acceptors (Lipinski definition) is 5. The normalized spacial score (nSPS) is 19.3. The molecule has 1 aliphatic rings. The number of hydrogen-bond donors (Lipinski definition) is 1. The van der Waals surface area contributed by atoms with Crippen LogP contribution in [0.2, 0.25) is 0 Å². The molecule has 1 aromatic carbocycles. The van der Waals surface area contributed by atoms with Crippen molar-refractivity contribution in [1.82, 2.24) is 30.2 Å². The molecule has 1 aliphatic heterocycles. The summed E-state index contributed by atoms with van der Waals surface area (Å²) in [5.41, 5.74) is 2.86. The van der Waals surface area contributed by atoms with Crippen LogP contribution in [0.4, 0.5) is 0 Å². The Bertz CT molecular complexity index is 698. The summed E-state index contributed by atoms with van der Waals surface area (Å²) in [5, 5.41) is 11.2. The molecule has 0 amide bonds. The van der Waals surface area contributed by atoms with Crippen LogP contribution in [-0.4, -0.2) is 43.4 Å². The Balaban J connectivity index is 1.77. The summed E-state index contributed by atoms with van der Waals surface area (Å²) in [5.74, 6) is 1.38. The number of rotatable bonds is 2. The first-order valence-corrected chi connectivity index (χ1v) is 6.21. The summed E-state index contributed by atoms with van der Waals surface area (Å²) >= 11 is 0. The maximum absolute atomic E-state index is 5.40. The van der Waals surface area contributed by atoms with Gasteiger partial charge in [0.05, 0.1) is 23.3 Å². The number of tetrazole rings is 1. The fourth-order valence-corrected chi connectivity index (χ4v) is 2.38. The van der Waals surface area contributed by atoms with Crippen molar-refractivity contribution in [1.29, 1.82) is 0 Å². The average Bonchev–Trinajstić information content (AvgIpc) is 3.18. The Morgan fingerprint density at radius 3 is 3.16 bits per heavy atom. The molecule has 0 bridgehead atoms. The molecule has 1 atom stereocenters. The molecule has 0 radical (unpaired) electrons. The van der Waals surface area contributed by atoms with Crippen LogP contribution in [0.25, 0.3) is 16.7 Å². The summed E-state index contributed by atoms with van der Waals surface area (Å²) in [7, 11) is 0. The molecule has 1 unspecified atom stereocenters. The first-order valence-electron chi connectivity index (χ1n) is 6.21. The Morgan fingerprint density at radius 2 is 2.37 bits per heavy atom. The maximum atomic E-state index is 5.40. The van der Waals surface area contributed by atoms with E-state index in [9.17, 15) is 0 Å². The Hall–Kier alpha value is -2.28. The van der Waals surface area contributed by atoms with Gasteiger partial charge in [0, 0.05) is 12.5 Å². The predicted molar refractivity (Wildman–Crippen MR) is 67.0 cm³/mol. The van der Waals surface area contributed by atoms with Gasteiger partial charge in [-0.2, -0.15) is 0 Å². The molecule has 7 heteroatoms. The van der Waals surface area contributed by atoms with Gasteiger partial charge in [0.1, 0.15) is 12.2 Å². The number of nitrogens with one attached hydrogen (secondary N) is 1. The molecule has 3 heterocycles. The van der Waals surface area contributed by atoms with Crippen LogP contribution < -0.4 is 0 Å². The minimum absolute atomic E-state index is 0.379. The van der Waals surface area contributed by atoms with Crippen LogP contribution in [0.15, 0.2) is 24.5 Å². The summed E-state index contributed by atoms with van der Waals surface area (Å²) in [6.45, 7) is 1.57. The third-order valence-corrected chi connectivity index (χ3v) is 3.41. The molecule has 0 aliphatic carbocycles. The zero-order valence-electron chi connectivity index (χ0n) is 10.2. The Kier molecular flexibility index (Phi) is 2.31. The third-order valence-electron chi connectivity index (χ3n) is 3.41. The van der Waals surface area contributed by atoms with E-state index in [4.69, 9.17) is 4.74 Å². The molecule has 1 saturated heterocycles. The SMILES string of the molecule is c1cc2nc(C3CCOC3)[nH]c2cc1-n1cnnn1. The molecule has 1 N–H and O–H groups in total. The largest absolute Gasteiger partial charge is 0.381 e. The van der Waals surface area contributed by atoms with E-state index in [1.54, 1.807) is 11.0 Å². The van der Waals surface area contributed by atoms with E-state index in [0.717, 1.165) is 42.2 Å². The standard InChI is InChI=1S/C12H12N6O/c1-2-10-11(5-9(1)18-7-13-16-17-18)15-12(14-10)8-3-4-19-6-8/h1-2,5,7-8H,3-4,6H2,(H,14,15). The Labute approximate surface area is 108 Å². The monoisotopic (exact) mass is 256 g/mol. The second-order valence-corrected chi connectivity index (χ2v) is 4.64. The number of fused-ring (bicyclic) bond motifs is 1. The van der Waals surface area contributed by atoms with Crippen LogP contribution in [0.3, 0.4) is 0 Å². The first-order chi connectivity index (χ1) is 9.40. The lowest BCUT2D eigenvalue weighted by Crippen LogP contribution is -1.99. The summed E-state index contributed by atoms with van der Waals surface area (Å²) in [6.07, 6.45) is 2.60. The molecule has 0 saturated carbocycles. The predicted octanol–water partition coefficient (Wildman–Crippen LogP) is 1.04. The molecule has 2 aromatic heterocycles. The van der Waals surface area contributed by atoms with Gasteiger partial charge in [-0.3, -0.25) is 0 Å². The maximum Gasteiger partial charge on any atom is 0.143 e. The highest BCUT2D eigenvalue weighted by molar-refractivity contribution is 5.77. The van der Waals surface area contributed by atoms with Crippen molar-refractivity contribution in [3.63, 3.8) is 0 Å². The molecule has 0 spiro atoms. The minimum atomic E-state index is 0.379. The van der Waals surface area contributed by atoms with Gasteiger partial charge in [0.25, 0.3) is 0 Å². The van der Waals surface area contributed by atoms with Crippen LogP contribution in [0.5, 0.6) is 0 Å². The molecule has 96 valence electrons. The zero-order valence-corrected chi connectivity index (χ0v) is 10.2. The van der Waals surface area contributed by atoms with Crippen LogP contribution in [0, 0.1) is 0 Å². The van der Waals surface area contributed by atoms with Gasteiger partial charge in [-0.1, -0.05) is 0 Å². The highest BCUT2D eigenvalue weighted by atomic mass is 16.5. The van der Waals surface area contributed by atoms with E-state index in [1.165, 1.54) is 0 Å². The quantitative estimate of drug-likeness (QED) is 0.741. The van der Waals surface area contributed by atoms with Crippen molar-refractivity contribution in [3.8, 4) is 5.69 Å². The number of H-pyrrole nitrogens is 1.